The molecule has 1 unspecified atom stereocenters. The van der Waals surface area contributed by atoms with Gasteiger partial charge in [0.15, 0.2) is 5.16 Å². The molecule has 0 spiro atoms. The van der Waals surface area contributed by atoms with Gasteiger partial charge in [0.25, 0.3) is 5.56 Å². The average Bonchev–Trinajstić information content (AvgIpc) is 2.82. The minimum Gasteiger partial charge on any atom is -0.344 e. The van der Waals surface area contributed by atoms with Crippen LogP contribution in [0.3, 0.4) is 0 Å². The van der Waals surface area contributed by atoms with Crippen LogP contribution in [0.5, 0.6) is 0 Å². The zero-order chi connectivity index (χ0) is 22.7. The van der Waals surface area contributed by atoms with Crippen molar-refractivity contribution in [2.24, 2.45) is 7.05 Å². The van der Waals surface area contributed by atoms with E-state index in [1.54, 1.807) is 7.05 Å². The van der Waals surface area contributed by atoms with Gasteiger partial charge in [-0.25, -0.2) is 4.98 Å². The van der Waals surface area contributed by atoms with Crippen LogP contribution >= 0.6 is 11.8 Å². The van der Waals surface area contributed by atoms with Crippen LogP contribution in [0, 0.1) is 6.92 Å². The van der Waals surface area contributed by atoms with Gasteiger partial charge < -0.3 is 5.32 Å². The predicted octanol–water partition coefficient (Wildman–Crippen LogP) is 4.63. The molecule has 1 heterocycles. The number of carbonyl (C=O) groups excluding carboxylic acids is 1. The van der Waals surface area contributed by atoms with E-state index in [0.717, 1.165) is 16.7 Å². The third-order valence-corrected chi connectivity index (χ3v) is 6.54. The Balaban J connectivity index is 1.59. The number of carbonyl (C=O) groups is 1. The summed E-state index contributed by atoms with van der Waals surface area (Å²) in [6.45, 7) is 3.78. The summed E-state index contributed by atoms with van der Waals surface area (Å²) in [7, 11) is 1.70. The summed E-state index contributed by atoms with van der Waals surface area (Å²) in [4.78, 5) is 30.6. The first-order valence-electron chi connectivity index (χ1n) is 10.5. The predicted molar refractivity (Wildman–Crippen MR) is 130 cm³/mol. The molecule has 0 aliphatic carbocycles. The molecule has 0 saturated carbocycles. The molecule has 32 heavy (non-hydrogen) atoms. The Kier molecular flexibility index (Phi) is 6.42. The lowest BCUT2D eigenvalue weighted by Crippen LogP contribution is -2.35. The minimum atomic E-state index is -0.439. The van der Waals surface area contributed by atoms with Crippen molar-refractivity contribution >= 4 is 28.6 Å². The van der Waals surface area contributed by atoms with Crippen molar-refractivity contribution in [1.82, 2.24) is 14.9 Å². The average molecular weight is 444 g/mol. The summed E-state index contributed by atoms with van der Waals surface area (Å²) in [5.74, 6) is -0.119. The van der Waals surface area contributed by atoms with Crippen molar-refractivity contribution in [1.29, 1.82) is 0 Å². The van der Waals surface area contributed by atoms with E-state index in [1.165, 1.54) is 16.3 Å². The maximum atomic E-state index is 13.2. The highest BCUT2D eigenvalue weighted by Crippen LogP contribution is 2.26. The molecule has 1 atom stereocenters. The van der Waals surface area contributed by atoms with Gasteiger partial charge in [-0.15, -0.1) is 0 Å². The van der Waals surface area contributed by atoms with Crippen LogP contribution < -0.4 is 10.9 Å². The molecule has 0 aliphatic heterocycles. The highest BCUT2D eigenvalue weighted by atomic mass is 32.2. The number of nitrogens with one attached hydrogen (secondary N) is 1. The molecule has 6 heteroatoms. The second-order valence-electron chi connectivity index (χ2n) is 7.80. The molecule has 0 radical (unpaired) electrons. The van der Waals surface area contributed by atoms with E-state index in [2.05, 4.69) is 10.3 Å². The number of hydrogen-bond donors (Lipinski definition) is 1. The zero-order valence-corrected chi connectivity index (χ0v) is 19.1. The summed E-state index contributed by atoms with van der Waals surface area (Å²) >= 11 is 1.28. The van der Waals surface area contributed by atoms with Crippen LogP contribution in [0.2, 0.25) is 0 Å². The Morgan fingerprint density at radius 3 is 2.16 bits per heavy atom. The van der Waals surface area contributed by atoms with E-state index < -0.39 is 5.25 Å². The topological polar surface area (TPSA) is 64.0 Å². The molecular formula is C26H25N3O2S. The van der Waals surface area contributed by atoms with Gasteiger partial charge in [-0.05, 0) is 37.1 Å². The Bertz CT molecular complexity index is 1260. The summed E-state index contributed by atoms with van der Waals surface area (Å²) in [5, 5.41) is 3.84. The summed E-state index contributed by atoms with van der Waals surface area (Å²) in [6.07, 6.45) is 0. The molecule has 4 rings (SSSR count). The van der Waals surface area contributed by atoms with E-state index >= 15 is 0 Å². The number of aryl methyl sites for hydroxylation is 1. The highest BCUT2D eigenvalue weighted by molar-refractivity contribution is 8.00. The maximum Gasteiger partial charge on any atom is 0.261 e. The van der Waals surface area contributed by atoms with E-state index in [-0.39, 0.29) is 17.5 Å². The largest absolute Gasteiger partial charge is 0.344 e. The fourth-order valence-corrected chi connectivity index (χ4v) is 4.47. The second-order valence-corrected chi connectivity index (χ2v) is 9.11. The van der Waals surface area contributed by atoms with E-state index in [4.69, 9.17) is 0 Å². The maximum absolute atomic E-state index is 13.2. The molecule has 1 N–H and O–H groups in total. The van der Waals surface area contributed by atoms with Crippen molar-refractivity contribution in [3.63, 3.8) is 0 Å². The molecule has 162 valence electrons. The van der Waals surface area contributed by atoms with Crippen LogP contribution in [0.4, 0.5) is 0 Å². The quantitative estimate of drug-likeness (QED) is 0.349. The fraction of sp³-hybridized carbons (Fsp3) is 0.192. The zero-order valence-electron chi connectivity index (χ0n) is 18.3. The molecular weight excluding hydrogens is 418 g/mol. The van der Waals surface area contributed by atoms with E-state index in [0.29, 0.717) is 16.1 Å². The number of thioether (sulfide) groups is 1. The molecule has 1 aromatic heterocycles. The first-order valence-corrected chi connectivity index (χ1v) is 11.4. The van der Waals surface area contributed by atoms with Crippen LogP contribution in [-0.2, 0) is 11.8 Å². The van der Waals surface area contributed by atoms with Crippen LogP contribution in [0.25, 0.3) is 10.9 Å². The number of hydrogen-bond acceptors (Lipinski definition) is 4. The lowest BCUT2D eigenvalue weighted by molar-refractivity contribution is -0.120. The van der Waals surface area contributed by atoms with Gasteiger partial charge in [0.2, 0.25) is 5.91 Å². The number of benzene rings is 3. The molecule has 0 bridgehead atoms. The van der Waals surface area contributed by atoms with E-state index in [9.17, 15) is 9.59 Å². The number of amides is 1. The van der Waals surface area contributed by atoms with Crippen LogP contribution in [0.15, 0.2) is 88.8 Å². The van der Waals surface area contributed by atoms with Crippen LogP contribution in [-0.4, -0.2) is 20.7 Å². The normalized spacial score (nSPS) is 12.1. The fourth-order valence-electron chi connectivity index (χ4n) is 3.59. The molecule has 0 saturated heterocycles. The lowest BCUT2D eigenvalue weighted by Gasteiger charge is -2.22. The standard InChI is InChI=1S/C26H25N3O2S/c1-17-14-15-22-21(16-17)25(31)29(3)26(27-22)32-18(2)24(30)28-23(19-10-6-4-7-11-19)20-12-8-5-9-13-20/h4-16,18,23H,1-3H3,(H,28,30). The van der Waals surface area contributed by atoms with Crippen molar-refractivity contribution < 1.29 is 4.79 Å². The highest BCUT2D eigenvalue weighted by Gasteiger charge is 2.23. The summed E-state index contributed by atoms with van der Waals surface area (Å²) < 4.78 is 1.52. The number of aromatic nitrogens is 2. The van der Waals surface area contributed by atoms with Gasteiger partial charge in [-0.3, -0.25) is 14.2 Å². The summed E-state index contributed by atoms with van der Waals surface area (Å²) in [6, 6.07) is 25.2. The van der Waals surface area contributed by atoms with Crippen molar-refractivity contribution in [2.75, 3.05) is 0 Å². The molecule has 3 aromatic carbocycles. The first kappa shape index (κ1) is 21.8. The van der Waals surface area contributed by atoms with Gasteiger partial charge in [0.1, 0.15) is 0 Å². The SMILES string of the molecule is Cc1ccc2nc(SC(C)C(=O)NC(c3ccccc3)c3ccccc3)n(C)c(=O)c2c1. The smallest absolute Gasteiger partial charge is 0.261 e. The van der Waals surface area contributed by atoms with Gasteiger partial charge >= 0.3 is 0 Å². The summed E-state index contributed by atoms with van der Waals surface area (Å²) in [5.41, 5.74) is 3.56. The molecule has 1 amide bonds. The van der Waals surface area contributed by atoms with Crippen molar-refractivity contribution in [3.05, 3.63) is 106 Å². The molecule has 0 aliphatic rings. The second kappa shape index (κ2) is 9.40. The Morgan fingerprint density at radius 2 is 1.56 bits per heavy atom. The van der Waals surface area contributed by atoms with Gasteiger partial charge in [0.05, 0.1) is 22.2 Å². The monoisotopic (exact) mass is 443 g/mol. The molecule has 5 nitrogen and oxygen atoms in total. The van der Waals surface area contributed by atoms with Gasteiger partial charge in [-0.1, -0.05) is 84.1 Å². The molecule has 0 fully saturated rings. The van der Waals surface area contributed by atoms with Crippen molar-refractivity contribution in [2.45, 2.75) is 30.3 Å². The third-order valence-electron chi connectivity index (χ3n) is 5.39. The number of nitrogens with zero attached hydrogens (tertiary/aromatic N) is 2. The minimum absolute atomic E-state index is 0.111. The van der Waals surface area contributed by atoms with Crippen molar-refractivity contribution in [3.8, 4) is 0 Å². The first-order chi connectivity index (χ1) is 15.4. The van der Waals surface area contributed by atoms with E-state index in [1.807, 2.05) is 92.7 Å². The third kappa shape index (κ3) is 4.60. The van der Waals surface area contributed by atoms with Gasteiger partial charge in [-0.2, -0.15) is 0 Å². The Morgan fingerprint density at radius 1 is 0.969 bits per heavy atom. The number of fused-ring (bicyclic) bond motifs is 1. The molecule has 4 aromatic rings. The lowest BCUT2D eigenvalue weighted by atomic mass is 9.98. The van der Waals surface area contributed by atoms with Crippen LogP contribution in [0.1, 0.15) is 29.7 Å². The number of rotatable bonds is 6. The Labute approximate surface area is 191 Å². The Hall–Kier alpha value is -3.38. The van der Waals surface area contributed by atoms with Gasteiger partial charge in [0, 0.05) is 7.05 Å².